The lowest BCUT2D eigenvalue weighted by atomic mass is 9.99. The van der Waals surface area contributed by atoms with Gasteiger partial charge in [0.05, 0.1) is 6.54 Å². The highest BCUT2D eigenvalue weighted by atomic mass is 16.3. The van der Waals surface area contributed by atoms with Gasteiger partial charge in [0.15, 0.2) is 0 Å². The first-order chi connectivity index (χ1) is 7.27. The topological polar surface area (TPSA) is 40.5 Å². The lowest BCUT2D eigenvalue weighted by Crippen LogP contribution is -2.42. The van der Waals surface area contributed by atoms with Crippen molar-refractivity contribution in [3.05, 3.63) is 0 Å². The van der Waals surface area contributed by atoms with Crippen LogP contribution in [0.15, 0.2) is 0 Å². The number of Topliss-reactive ketones (excluding diaryl/α,β-unsaturated/α-hetero) is 1. The van der Waals surface area contributed by atoms with E-state index in [1.807, 2.05) is 6.92 Å². The van der Waals surface area contributed by atoms with E-state index in [9.17, 15) is 4.79 Å². The number of rotatable bonds is 6. The number of ketones is 1. The van der Waals surface area contributed by atoms with Gasteiger partial charge in [-0.1, -0.05) is 13.3 Å². The van der Waals surface area contributed by atoms with E-state index in [0.29, 0.717) is 24.8 Å². The number of nitrogens with zero attached hydrogens (tertiary/aromatic N) is 1. The van der Waals surface area contributed by atoms with Gasteiger partial charge in [-0.05, 0) is 32.2 Å². The molecule has 0 aromatic heterocycles. The zero-order chi connectivity index (χ0) is 11.1. The second-order valence-corrected chi connectivity index (χ2v) is 4.42. The standard InChI is InChI=1S/C12H23NO2/c1-2-5-12(15)10-13-8-4-3-6-11(13)7-9-14/h11,14H,2-10H2,1H3. The Hall–Kier alpha value is -0.410. The predicted octanol–water partition coefficient (Wildman–Crippen LogP) is 1.59. The zero-order valence-electron chi connectivity index (χ0n) is 9.74. The number of likely N-dealkylation sites (tertiary alicyclic amines) is 1. The van der Waals surface area contributed by atoms with E-state index in [1.54, 1.807) is 0 Å². The molecule has 0 aromatic carbocycles. The van der Waals surface area contributed by atoms with Crippen molar-refractivity contribution < 1.29 is 9.90 Å². The number of piperidine rings is 1. The molecule has 3 heteroatoms. The van der Waals surface area contributed by atoms with Crippen LogP contribution in [-0.4, -0.2) is 41.5 Å². The Morgan fingerprint density at radius 3 is 2.93 bits per heavy atom. The van der Waals surface area contributed by atoms with Crippen LogP contribution < -0.4 is 0 Å². The summed E-state index contributed by atoms with van der Waals surface area (Å²) in [6.07, 6.45) is 6.03. The van der Waals surface area contributed by atoms with Crippen molar-refractivity contribution in [1.82, 2.24) is 4.90 Å². The van der Waals surface area contributed by atoms with Crippen molar-refractivity contribution in [2.75, 3.05) is 19.7 Å². The van der Waals surface area contributed by atoms with Gasteiger partial charge >= 0.3 is 0 Å². The van der Waals surface area contributed by atoms with Crippen LogP contribution in [0.3, 0.4) is 0 Å². The quantitative estimate of drug-likeness (QED) is 0.728. The molecule has 0 spiro atoms. The molecule has 1 atom stereocenters. The third-order valence-electron chi connectivity index (χ3n) is 3.12. The monoisotopic (exact) mass is 213 g/mol. The molecule has 1 unspecified atom stereocenters. The molecule has 0 bridgehead atoms. The van der Waals surface area contributed by atoms with Crippen LogP contribution in [0, 0.1) is 0 Å². The Morgan fingerprint density at radius 2 is 2.27 bits per heavy atom. The molecule has 3 nitrogen and oxygen atoms in total. The Morgan fingerprint density at radius 1 is 1.47 bits per heavy atom. The number of aliphatic hydroxyl groups excluding tert-OH is 1. The van der Waals surface area contributed by atoms with Crippen LogP contribution in [-0.2, 0) is 4.79 Å². The summed E-state index contributed by atoms with van der Waals surface area (Å²) in [5.41, 5.74) is 0. The average molecular weight is 213 g/mol. The minimum atomic E-state index is 0.239. The van der Waals surface area contributed by atoms with Crippen molar-refractivity contribution in [3.8, 4) is 0 Å². The summed E-state index contributed by atoms with van der Waals surface area (Å²) in [5, 5.41) is 8.96. The van der Waals surface area contributed by atoms with Crippen molar-refractivity contribution in [3.63, 3.8) is 0 Å². The second kappa shape index (κ2) is 6.96. The summed E-state index contributed by atoms with van der Waals surface area (Å²) in [5.74, 6) is 0.349. The largest absolute Gasteiger partial charge is 0.396 e. The van der Waals surface area contributed by atoms with Crippen LogP contribution in [0.25, 0.3) is 0 Å². The van der Waals surface area contributed by atoms with E-state index in [4.69, 9.17) is 5.11 Å². The van der Waals surface area contributed by atoms with Gasteiger partial charge in [0.2, 0.25) is 0 Å². The Kier molecular flexibility index (Phi) is 5.88. The van der Waals surface area contributed by atoms with Gasteiger partial charge in [0.25, 0.3) is 0 Å². The van der Waals surface area contributed by atoms with Crippen LogP contribution in [0.2, 0.25) is 0 Å². The van der Waals surface area contributed by atoms with Gasteiger partial charge in [0.1, 0.15) is 5.78 Å². The van der Waals surface area contributed by atoms with E-state index in [2.05, 4.69) is 4.90 Å². The second-order valence-electron chi connectivity index (χ2n) is 4.42. The fraction of sp³-hybridized carbons (Fsp3) is 0.917. The van der Waals surface area contributed by atoms with Gasteiger partial charge in [-0.25, -0.2) is 0 Å². The fourth-order valence-corrected chi connectivity index (χ4v) is 2.33. The van der Waals surface area contributed by atoms with Crippen molar-refractivity contribution in [1.29, 1.82) is 0 Å². The van der Waals surface area contributed by atoms with E-state index in [1.165, 1.54) is 12.8 Å². The molecule has 0 saturated carbocycles. The molecule has 15 heavy (non-hydrogen) atoms. The first kappa shape index (κ1) is 12.7. The summed E-state index contributed by atoms with van der Waals surface area (Å²) in [4.78, 5) is 13.8. The summed E-state index contributed by atoms with van der Waals surface area (Å²) in [7, 11) is 0. The number of aliphatic hydroxyl groups is 1. The molecule has 0 aliphatic carbocycles. The third-order valence-corrected chi connectivity index (χ3v) is 3.12. The molecule has 1 N–H and O–H groups in total. The fourth-order valence-electron chi connectivity index (χ4n) is 2.33. The van der Waals surface area contributed by atoms with Gasteiger partial charge in [0, 0.05) is 19.1 Å². The van der Waals surface area contributed by atoms with E-state index >= 15 is 0 Å². The normalized spacial score (nSPS) is 22.9. The Bertz CT molecular complexity index is 192. The molecule has 1 fully saturated rings. The van der Waals surface area contributed by atoms with Crippen LogP contribution in [0.4, 0.5) is 0 Å². The molecule has 0 radical (unpaired) electrons. The summed E-state index contributed by atoms with van der Waals surface area (Å²) in [6.45, 7) is 3.90. The zero-order valence-corrected chi connectivity index (χ0v) is 9.74. The third kappa shape index (κ3) is 4.31. The van der Waals surface area contributed by atoms with Gasteiger partial charge in [-0.3, -0.25) is 9.69 Å². The van der Waals surface area contributed by atoms with E-state index in [-0.39, 0.29) is 6.61 Å². The van der Waals surface area contributed by atoms with Gasteiger partial charge in [-0.2, -0.15) is 0 Å². The highest BCUT2D eigenvalue weighted by Gasteiger charge is 2.23. The minimum absolute atomic E-state index is 0.239. The van der Waals surface area contributed by atoms with E-state index < -0.39 is 0 Å². The van der Waals surface area contributed by atoms with Crippen LogP contribution >= 0.6 is 0 Å². The molecule has 1 heterocycles. The lowest BCUT2D eigenvalue weighted by Gasteiger charge is -2.34. The van der Waals surface area contributed by atoms with Gasteiger partial charge < -0.3 is 5.11 Å². The Labute approximate surface area is 92.5 Å². The molecule has 1 rings (SSSR count). The average Bonchev–Trinajstić information content (AvgIpc) is 2.21. The number of hydrogen-bond acceptors (Lipinski definition) is 3. The van der Waals surface area contributed by atoms with Gasteiger partial charge in [-0.15, -0.1) is 0 Å². The molecule has 0 amide bonds. The smallest absolute Gasteiger partial charge is 0.146 e. The number of carbonyl (C=O) groups excluding carboxylic acids is 1. The molecular formula is C12H23NO2. The van der Waals surface area contributed by atoms with Crippen LogP contribution in [0.5, 0.6) is 0 Å². The molecule has 1 aliphatic heterocycles. The predicted molar refractivity (Wildman–Crippen MR) is 60.8 cm³/mol. The lowest BCUT2D eigenvalue weighted by molar-refractivity contribution is -0.121. The number of hydrogen-bond donors (Lipinski definition) is 1. The maximum atomic E-state index is 11.6. The van der Waals surface area contributed by atoms with Crippen molar-refractivity contribution in [2.45, 2.75) is 51.5 Å². The molecule has 0 aromatic rings. The van der Waals surface area contributed by atoms with Crippen LogP contribution in [0.1, 0.15) is 45.4 Å². The maximum Gasteiger partial charge on any atom is 0.146 e. The molecular weight excluding hydrogens is 190 g/mol. The number of carbonyl (C=O) groups is 1. The Balaban J connectivity index is 2.38. The molecule has 1 saturated heterocycles. The minimum Gasteiger partial charge on any atom is -0.396 e. The molecule has 1 aliphatic rings. The summed E-state index contributed by atoms with van der Waals surface area (Å²) < 4.78 is 0. The highest BCUT2D eigenvalue weighted by molar-refractivity contribution is 5.80. The maximum absolute atomic E-state index is 11.6. The van der Waals surface area contributed by atoms with Crippen molar-refractivity contribution in [2.24, 2.45) is 0 Å². The highest BCUT2D eigenvalue weighted by Crippen LogP contribution is 2.19. The first-order valence-corrected chi connectivity index (χ1v) is 6.14. The summed E-state index contributed by atoms with van der Waals surface area (Å²) >= 11 is 0. The SMILES string of the molecule is CCCC(=O)CN1CCCCC1CCO. The summed E-state index contributed by atoms with van der Waals surface area (Å²) in [6, 6.07) is 0.435. The first-order valence-electron chi connectivity index (χ1n) is 6.14. The van der Waals surface area contributed by atoms with Crippen molar-refractivity contribution >= 4 is 5.78 Å². The van der Waals surface area contributed by atoms with E-state index in [0.717, 1.165) is 25.8 Å². The molecule has 88 valence electrons.